The Morgan fingerprint density at radius 1 is 1.39 bits per heavy atom. The minimum Gasteiger partial charge on any atom is -0.392 e. The van der Waals surface area contributed by atoms with Gasteiger partial charge in [-0.1, -0.05) is 12.1 Å². The molecule has 0 saturated carbocycles. The smallest absolute Gasteiger partial charge is 0.330 e. The maximum atomic E-state index is 11.3. The Labute approximate surface area is 103 Å². The van der Waals surface area contributed by atoms with Crippen LogP contribution >= 0.6 is 0 Å². The first-order valence-electron chi connectivity index (χ1n) is 5.11. The van der Waals surface area contributed by atoms with E-state index in [-0.39, 0.29) is 12.1 Å². The van der Waals surface area contributed by atoms with Crippen molar-refractivity contribution >= 4 is 17.6 Å². The summed E-state index contributed by atoms with van der Waals surface area (Å²) in [7, 11) is 0. The number of nitrogens with zero attached hydrogens (tertiary/aromatic N) is 1. The molecule has 0 aliphatic heterocycles. The van der Waals surface area contributed by atoms with Crippen LogP contribution in [0, 0.1) is 10.1 Å². The lowest BCUT2D eigenvalue weighted by molar-refractivity contribution is -0.384. The van der Waals surface area contributed by atoms with Crippen LogP contribution in [-0.2, 0) is 20.7 Å². The number of ether oxygens (including phenoxy) is 1. The van der Waals surface area contributed by atoms with Gasteiger partial charge >= 0.3 is 11.9 Å². The van der Waals surface area contributed by atoms with Crippen LogP contribution in [-0.4, -0.2) is 22.9 Å². The normalized spacial score (nSPS) is 11.7. The van der Waals surface area contributed by atoms with Crippen LogP contribution in [0.2, 0.25) is 0 Å². The Morgan fingerprint density at radius 2 is 1.94 bits per heavy atom. The zero-order valence-electron chi connectivity index (χ0n) is 9.66. The molecule has 2 N–H and O–H groups in total. The van der Waals surface area contributed by atoms with Crippen molar-refractivity contribution in [2.45, 2.75) is 19.4 Å². The minimum absolute atomic E-state index is 0.0429. The van der Waals surface area contributed by atoms with E-state index in [0.29, 0.717) is 5.56 Å². The van der Waals surface area contributed by atoms with Crippen molar-refractivity contribution in [2.24, 2.45) is 5.73 Å². The standard InChI is InChI=1S/C11H12N2O5/c1-7(14)18-11(15)10(12)6-8-2-4-9(5-3-8)13(16)17/h2-5,10H,6,12H2,1H3/t10-/m1/s1. The second-order valence-corrected chi connectivity index (χ2v) is 3.65. The van der Waals surface area contributed by atoms with Crippen LogP contribution in [0.15, 0.2) is 24.3 Å². The van der Waals surface area contributed by atoms with Gasteiger partial charge in [0.05, 0.1) is 4.92 Å². The van der Waals surface area contributed by atoms with Crippen LogP contribution in [0.25, 0.3) is 0 Å². The fraction of sp³-hybridized carbons (Fsp3) is 0.273. The number of nitro groups is 1. The predicted molar refractivity (Wildman–Crippen MR) is 61.5 cm³/mol. The summed E-state index contributed by atoms with van der Waals surface area (Å²) in [5.41, 5.74) is 6.14. The van der Waals surface area contributed by atoms with Gasteiger partial charge < -0.3 is 10.5 Å². The molecule has 0 aliphatic rings. The van der Waals surface area contributed by atoms with E-state index >= 15 is 0 Å². The number of nitrogens with two attached hydrogens (primary N) is 1. The maximum Gasteiger partial charge on any atom is 0.330 e. The van der Waals surface area contributed by atoms with E-state index < -0.39 is 22.9 Å². The fourth-order valence-corrected chi connectivity index (χ4v) is 1.31. The highest BCUT2D eigenvalue weighted by Crippen LogP contribution is 2.13. The Hall–Kier alpha value is -2.28. The highest BCUT2D eigenvalue weighted by Gasteiger charge is 2.17. The summed E-state index contributed by atoms with van der Waals surface area (Å²) < 4.78 is 4.34. The second kappa shape index (κ2) is 5.87. The molecule has 7 nitrogen and oxygen atoms in total. The highest BCUT2D eigenvalue weighted by molar-refractivity contribution is 5.87. The molecule has 1 aromatic rings. The largest absolute Gasteiger partial charge is 0.392 e. The van der Waals surface area contributed by atoms with Crippen molar-refractivity contribution in [3.05, 3.63) is 39.9 Å². The van der Waals surface area contributed by atoms with Gasteiger partial charge in [-0.15, -0.1) is 0 Å². The molecule has 0 radical (unpaired) electrons. The Balaban J connectivity index is 2.64. The highest BCUT2D eigenvalue weighted by atomic mass is 16.6. The van der Waals surface area contributed by atoms with Crippen LogP contribution in [0.3, 0.4) is 0 Å². The third-order valence-electron chi connectivity index (χ3n) is 2.15. The molecule has 1 rings (SSSR count). The quantitative estimate of drug-likeness (QED) is 0.362. The fourth-order valence-electron chi connectivity index (χ4n) is 1.31. The molecular formula is C11H12N2O5. The van der Waals surface area contributed by atoms with Crippen molar-refractivity contribution in [1.82, 2.24) is 0 Å². The maximum absolute atomic E-state index is 11.3. The van der Waals surface area contributed by atoms with Crippen molar-refractivity contribution in [3.63, 3.8) is 0 Å². The summed E-state index contributed by atoms with van der Waals surface area (Å²) >= 11 is 0. The van der Waals surface area contributed by atoms with Crippen LogP contribution < -0.4 is 5.73 Å². The van der Waals surface area contributed by atoms with E-state index in [1.54, 1.807) is 0 Å². The molecule has 7 heteroatoms. The van der Waals surface area contributed by atoms with Gasteiger partial charge in [-0.25, -0.2) is 4.79 Å². The number of hydrogen-bond acceptors (Lipinski definition) is 6. The molecule has 0 aromatic heterocycles. The molecule has 0 amide bonds. The average molecular weight is 252 g/mol. The Kier molecular flexibility index (Phi) is 4.50. The molecule has 0 heterocycles. The third kappa shape index (κ3) is 3.95. The SMILES string of the molecule is CC(=O)OC(=O)[C@H](N)Cc1ccc([N+](=O)[O-])cc1. The summed E-state index contributed by atoms with van der Waals surface area (Å²) in [5.74, 6) is -1.54. The molecule has 1 aromatic carbocycles. The zero-order valence-corrected chi connectivity index (χ0v) is 9.66. The molecule has 0 saturated heterocycles. The number of benzene rings is 1. The number of esters is 2. The van der Waals surface area contributed by atoms with Gasteiger partial charge in [0.25, 0.3) is 5.69 Å². The van der Waals surface area contributed by atoms with Gasteiger partial charge in [-0.3, -0.25) is 14.9 Å². The van der Waals surface area contributed by atoms with Crippen molar-refractivity contribution < 1.29 is 19.2 Å². The average Bonchev–Trinajstić information content (AvgIpc) is 2.28. The first-order valence-corrected chi connectivity index (χ1v) is 5.11. The lowest BCUT2D eigenvalue weighted by Gasteiger charge is -2.09. The van der Waals surface area contributed by atoms with Crippen molar-refractivity contribution in [1.29, 1.82) is 0 Å². The monoisotopic (exact) mass is 252 g/mol. The topological polar surface area (TPSA) is 113 Å². The van der Waals surface area contributed by atoms with E-state index in [2.05, 4.69) is 4.74 Å². The van der Waals surface area contributed by atoms with Gasteiger partial charge in [0.2, 0.25) is 0 Å². The number of carbonyl (C=O) groups excluding carboxylic acids is 2. The first-order chi connectivity index (χ1) is 8.40. The van der Waals surface area contributed by atoms with Gasteiger partial charge in [0, 0.05) is 19.1 Å². The van der Waals surface area contributed by atoms with Crippen LogP contribution in [0.4, 0.5) is 5.69 Å². The van der Waals surface area contributed by atoms with E-state index in [9.17, 15) is 19.7 Å². The molecular weight excluding hydrogens is 240 g/mol. The molecule has 96 valence electrons. The van der Waals surface area contributed by atoms with Crippen molar-refractivity contribution in [3.8, 4) is 0 Å². The summed E-state index contributed by atoms with van der Waals surface area (Å²) in [4.78, 5) is 31.7. The zero-order chi connectivity index (χ0) is 13.7. The molecule has 0 bridgehead atoms. The summed E-state index contributed by atoms with van der Waals surface area (Å²) in [6, 6.07) is 4.66. The number of hydrogen-bond donors (Lipinski definition) is 1. The van der Waals surface area contributed by atoms with E-state index in [0.717, 1.165) is 6.92 Å². The van der Waals surface area contributed by atoms with Gasteiger partial charge in [-0.2, -0.15) is 0 Å². The second-order valence-electron chi connectivity index (χ2n) is 3.65. The van der Waals surface area contributed by atoms with Gasteiger partial charge in [-0.05, 0) is 12.0 Å². The van der Waals surface area contributed by atoms with Crippen LogP contribution in [0.1, 0.15) is 12.5 Å². The van der Waals surface area contributed by atoms with E-state index in [1.165, 1.54) is 24.3 Å². The first kappa shape index (κ1) is 13.8. The number of rotatable bonds is 4. The number of carbonyl (C=O) groups is 2. The summed E-state index contributed by atoms with van der Waals surface area (Å²) in [5, 5.41) is 10.4. The van der Waals surface area contributed by atoms with E-state index in [4.69, 9.17) is 5.73 Å². The summed E-state index contributed by atoms with van der Waals surface area (Å²) in [6.07, 6.45) is 0.143. The molecule has 18 heavy (non-hydrogen) atoms. The lowest BCUT2D eigenvalue weighted by atomic mass is 10.1. The minimum atomic E-state index is -0.977. The van der Waals surface area contributed by atoms with Gasteiger partial charge in [0.1, 0.15) is 6.04 Å². The van der Waals surface area contributed by atoms with Crippen LogP contribution in [0.5, 0.6) is 0 Å². The Bertz CT molecular complexity index is 469. The van der Waals surface area contributed by atoms with Gasteiger partial charge in [0.15, 0.2) is 0 Å². The molecule has 0 spiro atoms. The lowest BCUT2D eigenvalue weighted by Crippen LogP contribution is -2.35. The number of non-ortho nitro benzene ring substituents is 1. The summed E-state index contributed by atoms with van der Waals surface area (Å²) in [6.45, 7) is 1.11. The molecule has 0 unspecified atom stereocenters. The van der Waals surface area contributed by atoms with Crippen molar-refractivity contribution in [2.75, 3.05) is 0 Å². The molecule has 1 atom stereocenters. The molecule has 0 fully saturated rings. The third-order valence-corrected chi connectivity index (χ3v) is 2.15. The number of nitro benzene ring substituents is 1. The van der Waals surface area contributed by atoms with E-state index in [1.807, 2.05) is 0 Å². The Morgan fingerprint density at radius 3 is 2.39 bits per heavy atom. The predicted octanol–water partition coefficient (Wildman–Crippen LogP) is 0.554. The molecule has 0 aliphatic carbocycles.